The molecule has 1 aromatic carbocycles. The molecule has 1 saturated heterocycles. The van der Waals surface area contributed by atoms with Crippen LogP contribution in [0.3, 0.4) is 0 Å². The predicted octanol–water partition coefficient (Wildman–Crippen LogP) is 2.30. The molecular weight excluding hydrogens is 229 g/mol. The van der Waals surface area contributed by atoms with Gasteiger partial charge < -0.3 is 10.2 Å². The van der Waals surface area contributed by atoms with Crippen LogP contribution in [0.15, 0.2) is 24.3 Å². The van der Waals surface area contributed by atoms with Gasteiger partial charge in [0.25, 0.3) is 0 Å². The van der Waals surface area contributed by atoms with Gasteiger partial charge in [-0.15, -0.1) is 0 Å². The quantitative estimate of drug-likeness (QED) is 0.871. The summed E-state index contributed by atoms with van der Waals surface area (Å²) in [5, 5.41) is 12.1. The molecule has 18 heavy (non-hydrogen) atoms. The molecule has 0 amide bonds. The maximum Gasteiger partial charge on any atom is 0.146 e. The van der Waals surface area contributed by atoms with E-state index in [1.54, 1.807) is 12.1 Å². The second-order valence-corrected chi connectivity index (χ2v) is 5.31. The summed E-state index contributed by atoms with van der Waals surface area (Å²) in [4.78, 5) is 2.06. The van der Waals surface area contributed by atoms with E-state index >= 15 is 0 Å². The van der Waals surface area contributed by atoms with E-state index in [0.29, 0.717) is 18.7 Å². The van der Waals surface area contributed by atoms with E-state index in [0.717, 1.165) is 6.54 Å². The number of nitriles is 1. The Hall–Kier alpha value is -1.60. The molecule has 1 aliphatic rings. The molecule has 1 unspecified atom stereocenters. The van der Waals surface area contributed by atoms with Crippen LogP contribution in [0.25, 0.3) is 0 Å². The van der Waals surface area contributed by atoms with Crippen LogP contribution in [-0.2, 0) is 0 Å². The molecular formula is C14H18FN3. The fraction of sp³-hybridized carbons (Fsp3) is 0.500. The summed E-state index contributed by atoms with van der Waals surface area (Å²) < 4.78 is 13.9. The van der Waals surface area contributed by atoms with Gasteiger partial charge in [-0.05, 0) is 26.0 Å². The van der Waals surface area contributed by atoms with Crippen molar-refractivity contribution in [3.05, 3.63) is 30.1 Å². The molecule has 96 valence electrons. The first-order chi connectivity index (χ1) is 8.54. The van der Waals surface area contributed by atoms with Gasteiger partial charge in [-0.2, -0.15) is 5.26 Å². The van der Waals surface area contributed by atoms with E-state index in [2.05, 4.69) is 30.1 Å². The SMILES string of the molecule is CC1(C)CNC(CC#N)CN1c1ccccc1F. The molecule has 0 spiro atoms. The highest BCUT2D eigenvalue weighted by Gasteiger charge is 2.34. The third-order valence-electron chi connectivity index (χ3n) is 3.44. The van der Waals surface area contributed by atoms with Crippen molar-refractivity contribution in [2.45, 2.75) is 31.8 Å². The number of hydrogen-bond donors (Lipinski definition) is 1. The normalized spacial score (nSPS) is 22.6. The van der Waals surface area contributed by atoms with Crippen LogP contribution >= 0.6 is 0 Å². The fourth-order valence-electron chi connectivity index (χ4n) is 2.36. The Morgan fingerprint density at radius 3 is 2.89 bits per heavy atom. The van der Waals surface area contributed by atoms with Crippen molar-refractivity contribution < 1.29 is 4.39 Å². The number of anilines is 1. The summed E-state index contributed by atoms with van der Waals surface area (Å²) in [5.74, 6) is -0.205. The fourth-order valence-corrected chi connectivity index (χ4v) is 2.36. The summed E-state index contributed by atoms with van der Waals surface area (Å²) >= 11 is 0. The topological polar surface area (TPSA) is 39.1 Å². The Kier molecular flexibility index (Phi) is 3.53. The minimum absolute atomic E-state index is 0.0997. The zero-order valence-corrected chi connectivity index (χ0v) is 10.8. The lowest BCUT2D eigenvalue weighted by Gasteiger charge is -2.47. The van der Waals surface area contributed by atoms with Gasteiger partial charge in [0.1, 0.15) is 5.82 Å². The monoisotopic (exact) mass is 247 g/mol. The first-order valence-corrected chi connectivity index (χ1v) is 6.17. The molecule has 3 nitrogen and oxygen atoms in total. The van der Waals surface area contributed by atoms with Gasteiger partial charge in [0.05, 0.1) is 18.2 Å². The second-order valence-electron chi connectivity index (χ2n) is 5.31. The molecule has 0 radical (unpaired) electrons. The van der Waals surface area contributed by atoms with Gasteiger partial charge in [0, 0.05) is 24.7 Å². The first-order valence-electron chi connectivity index (χ1n) is 6.17. The number of rotatable bonds is 2. The highest BCUT2D eigenvalue weighted by atomic mass is 19.1. The number of para-hydroxylation sites is 1. The Bertz CT molecular complexity index is 464. The van der Waals surface area contributed by atoms with Crippen molar-refractivity contribution in [1.82, 2.24) is 5.32 Å². The third-order valence-corrected chi connectivity index (χ3v) is 3.44. The van der Waals surface area contributed by atoms with Gasteiger partial charge in [0.2, 0.25) is 0 Å². The Balaban J connectivity index is 2.28. The van der Waals surface area contributed by atoms with Crippen LogP contribution in [0.1, 0.15) is 20.3 Å². The Morgan fingerprint density at radius 2 is 2.22 bits per heavy atom. The van der Waals surface area contributed by atoms with E-state index in [1.165, 1.54) is 6.07 Å². The molecule has 1 N–H and O–H groups in total. The zero-order valence-electron chi connectivity index (χ0n) is 10.8. The maximum atomic E-state index is 13.9. The molecule has 1 fully saturated rings. The minimum atomic E-state index is -0.205. The van der Waals surface area contributed by atoms with Gasteiger partial charge in [-0.3, -0.25) is 0 Å². The smallest absolute Gasteiger partial charge is 0.146 e. The van der Waals surface area contributed by atoms with Crippen LogP contribution < -0.4 is 10.2 Å². The molecule has 4 heteroatoms. The number of piperazine rings is 1. The van der Waals surface area contributed by atoms with Gasteiger partial charge in [-0.25, -0.2) is 4.39 Å². The van der Waals surface area contributed by atoms with Crippen molar-refractivity contribution in [3.63, 3.8) is 0 Å². The minimum Gasteiger partial charge on any atom is -0.361 e. The predicted molar refractivity (Wildman–Crippen MR) is 69.8 cm³/mol. The van der Waals surface area contributed by atoms with Crippen LogP contribution in [0.4, 0.5) is 10.1 Å². The summed E-state index contributed by atoms with van der Waals surface area (Å²) in [7, 11) is 0. The highest BCUT2D eigenvalue weighted by Crippen LogP contribution is 2.29. The first kappa shape index (κ1) is 12.8. The zero-order chi connectivity index (χ0) is 13.2. The molecule has 2 rings (SSSR count). The number of nitrogens with zero attached hydrogens (tertiary/aromatic N) is 2. The standard InChI is InChI=1S/C14H18FN3/c1-14(2)10-17-11(7-8-16)9-18(14)13-6-4-3-5-12(13)15/h3-6,11,17H,7,9-10H2,1-2H3. The van der Waals surface area contributed by atoms with Crippen molar-refractivity contribution in [1.29, 1.82) is 5.26 Å². The average molecular weight is 247 g/mol. The van der Waals surface area contributed by atoms with Crippen LogP contribution in [0.5, 0.6) is 0 Å². The van der Waals surface area contributed by atoms with Gasteiger partial charge in [0.15, 0.2) is 0 Å². The molecule has 0 bridgehead atoms. The number of hydrogen-bond acceptors (Lipinski definition) is 3. The molecule has 1 atom stereocenters. The maximum absolute atomic E-state index is 13.9. The lowest BCUT2D eigenvalue weighted by atomic mass is 9.95. The summed E-state index contributed by atoms with van der Waals surface area (Å²) in [6.07, 6.45) is 0.445. The van der Waals surface area contributed by atoms with Crippen LogP contribution in [-0.4, -0.2) is 24.7 Å². The van der Waals surface area contributed by atoms with Gasteiger partial charge in [-0.1, -0.05) is 12.1 Å². The van der Waals surface area contributed by atoms with Crippen LogP contribution in [0, 0.1) is 17.1 Å². The van der Waals surface area contributed by atoms with Crippen molar-refractivity contribution in [2.24, 2.45) is 0 Å². The van der Waals surface area contributed by atoms with Crippen molar-refractivity contribution in [2.75, 3.05) is 18.0 Å². The van der Waals surface area contributed by atoms with E-state index in [-0.39, 0.29) is 17.4 Å². The number of halogens is 1. The summed E-state index contributed by atoms with van der Waals surface area (Å²) in [6.45, 7) is 5.55. The molecule has 0 aliphatic carbocycles. The molecule has 1 aromatic rings. The lowest BCUT2D eigenvalue weighted by molar-refractivity contribution is 0.322. The molecule has 1 heterocycles. The Labute approximate surface area is 107 Å². The lowest BCUT2D eigenvalue weighted by Crippen LogP contribution is -2.62. The van der Waals surface area contributed by atoms with Crippen LogP contribution in [0.2, 0.25) is 0 Å². The molecule has 1 aliphatic heterocycles. The van der Waals surface area contributed by atoms with E-state index in [9.17, 15) is 4.39 Å². The average Bonchev–Trinajstić information content (AvgIpc) is 2.33. The largest absolute Gasteiger partial charge is 0.361 e. The number of benzene rings is 1. The second kappa shape index (κ2) is 4.95. The molecule has 0 saturated carbocycles. The van der Waals surface area contributed by atoms with E-state index in [4.69, 9.17) is 5.26 Å². The van der Waals surface area contributed by atoms with E-state index < -0.39 is 0 Å². The Morgan fingerprint density at radius 1 is 1.50 bits per heavy atom. The van der Waals surface area contributed by atoms with Crippen molar-refractivity contribution in [3.8, 4) is 6.07 Å². The van der Waals surface area contributed by atoms with Crippen molar-refractivity contribution >= 4 is 5.69 Å². The number of nitrogens with one attached hydrogen (secondary N) is 1. The summed E-state index contributed by atoms with van der Waals surface area (Å²) in [6, 6.07) is 9.08. The third kappa shape index (κ3) is 2.46. The van der Waals surface area contributed by atoms with E-state index in [1.807, 2.05) is 6.07 Å². The highest BCUT2D eigenvalue weighted by molar-refractivity contribution is 5.51. The van der Waals surface area contributed by atoms with Gasteiger partial charge >= 0.3 is 0 Å². The summed E-state index contributed by atoms with van der Waals surface area (Å²) in [5.41, 5.74) is 0.459. The molecule has 0 aromatic heterocycles.